The van der Waals surface area contributed by atoms with Gasteiger partial charge in [0.25, 0.3) is 11.8 Å². The predicted molar refractivity (Wildman–Crippen MR) is 137 cm³/mol. The lowest BCUT2D eigenvalue weighted by molar-refractivity contribution is 0.102. The van der Waals surface area contributed by atoms with E-state index in [9.17, 15) is 18.0 Å². The molecular weight excluding hydrogens is 506 g/mol. The summed E-state index contributed by atoms with van der Waals surface area (Å²) in [4.78, 5) is 34.1. The highest BCUT2D eigenvalue weighted by atomic mass is 35.5. The third-order valence-electron chi connectivity index (χ3n) is 4.88. The van der Waals surface area contributed by atoms with Gasteiger partial charge < -0.3 is 21.1 Å². The van der Waals surface area contributed by atoms with Gasteiger partial charge in [0.2, 0.25) is 0 Å². The number of anilines is 2. The van der Waals surface area contributed by atoms with Gasteiger partial charge >= 0.3 is 0 Å². The molecule has 0 spiro atoms. The van der Waals surface area contributed by atoms with Crippen LogP contribution in [0.1, 0.15) is 40.6 Å². The van der Waals surface area contributed by atoms with Gasteiger partial charge in [-0.25, -0.2) is 18.4 Å². The highest BCUT2D eigenvalue weighted by Crippen LogP contribution is 2.26. The molecule has 0 aliphatic heterocycles. The van der Waals surface area contributed by atoms with Gasteiger partial charge in [0.15, 0.2) is 15.5 Å². The number of aromatic nitrogens is 2. The van der Waals surface area contributed by atoms with Gasteiger partial charge in [-0.05, 0) is 61.9 Å². The third-order valence-corrected chi connectivity index (χ3v) is 7.02. The number of pyridine rings is 2. The first kappa shape index (κ1) is 27.1. The van der Waals surface area contributed by atoms with Crippen molar-refractivity contribution >= 4 is 44.8 Å². The fraction of sp³-hybridized carbons (Fsp3) is 0.250. The fourth-order valence-corrected chi connectivity index (χ4v) is 4.60. The number of halogens is 1. The van der Waals surface area contributed by atoms with Gasteiger partial charge in [-0.2, -0.15) is 0 Å². The number of hydrogen-bond acceptors (Lipinski definition) is 8. The minimum absolute atomic E-state index is 0.0303. The van der Waals surface area contributed by atoms with E-state index in [0.717, 1.165) is 0 Å². The lowest BCUT2D eigenvalue weighted by Crippen LogP contribution is -2.20. The number of nitrogens with zero attached hydrogens (tertiary/aromatic N) is 2. The van der Waals surface area contributed by atoms with E-state index in [-0.39, 0.29) is 45.8 Å². The van der Waals surface area contributed by atoms with E-state index < -0.39 is 21.7 Å². The molecule has 0 aliphatic rings. The van der Waals surface area contributed by atoms with Crippen LogP contribution in [0.25, 0.3) is 0 Å². The summed E-state index contributed by atoms with van der Waals surface area (Å²) in [5.74, 6) is -0.882. The standard InChI is InChI=1S/C24H26ClN5O5S/c1-2-13-36(33,34)17-7-8-18(20(14-17)35-12-4-10-26)23(31)29-19-5-3-11-27-22(19)24(32)30-21-9-6-16(25)15-28-21/h3,5-9,11,14-15H,2,4,10,12-13,26H2,1H3,(H,29,31)(H,28,30,32). The van der Waals surface area contributed by atoms with Crippen LogP contribution >= 0.6 is 11.6 Å². The molecule has 12 heteroatoms. The van der Waals surface area contributed by atoms with Crippen molar-refractivity contribution in [1.82, 2.24) is 9.97 Å². The van der Waals surface area contributed by atoms with Crippen molar-refractivity contribution in [2.45, 2.75) is 24.7 Å². The van der Waals surface area contributed by atoms with Crippen LogP contribution in [0.15, 0.2) is 59.8 Å². The summed E-state index contributed by atoms with van der Waals surface area (Å²) in [5, 5.41) is 5.67. The molecule has 0 atom stereocenters. The normalized spacial score (nSPS) is 11.1. The number of benzene rings is 1. The van der Waals surface area contributed by atoms with Gasteiger partial charge in [-0.1, -0.05) is 18.5 Å². The molecule has 0 bridgehead atoms. The average Bonchev–Trinajstić information content (AvgIpc) is 2.85. The Bertz CT molecular complexity index is 1330. The van der Waals surface area contributed by atoms with Crippen molar-refractivity contribution in [3.05, 3.63) is 71.1 Å². The maximum atomic E-state index is 13.2. The van der Waals surface area contributed by atoms with E-state index >= 15 is 0 Å². The fourth-order valence-electron chi connectivity index (χ4n) is 3.16. The first-order chi connectivity index (χ1) is 17.2. The smallest absolute Gasteiger partial charge is 0.277 e. The van der Waals surface area contributed by atoms with Crippen molar-refractivity contribution in [2.75, 3.05) is 29.5 Å². The van der Waals surface area contributed by atoms with Crippen LogP contribution in [0.4, 0.5) is 11.5 Å². The SMILES string of the molecule is CCCS(=O)(=O)c1ccc(C(=O)Nc2cccnc2C(=O)Nc2ccc(Cl)cn2)c(OCCCN)c1. The second-order valence-corrected chi connectivity index (χ2v) is 10.2. The zero-order valence-electron chi connectivity index (χ0n) is 19.5. The molecule has 0 fully saturated rings. The Balaban J connectivity index is 1.87. The van der Waals surface area contributed by atoms with Gasteiger partial charge in [0.05, 0.1) is 33.5 Å². The number of hydrogen-bond donors (Lipinski definition) is 3. The number of rotatable bonds is 11. The highest BCUT2D eigenvalue weighted by molar-refractivity contribution is 7.91. The van der Waals surface area contributed by atoms with Gasteiger partial charge in [-0.3, -0.25) is 9.59 Å². The number of carbonyl (C=O) groups is 2. The first-order valence-corrected chi connectivity index (χ1v) is 13.2. The summed E-state index contributed by atoms with van der Waals surface area (Å²) in [5.41, 5.74) is 5.72. The number of carbonyl (C=O) groups excluding carboxylic acids is 2. The largest absolute Gasteiger partial charge is 0.493 e. The van der Waals surface area contributed by atoms with Gasteiger partial charge in [0.1, 0.15) is 11.6 Å². The zero-order valence-corrected chi connectivity index (χ0v) is 21.1. The second kappa shape index (κ2) is 12.4. The van der Waals surface area contributed by atoms with Crippen molar-refractivity contribution in [1.29, 1.82) is 0 Å². The van der Waals surface area contributed by atoms with Crippen LogP contribution in [-0.2, 0) is 9.84 Å². The van der Waals surface area contributed by atoms with Gasteiger partial charge in [-0.15, -0.1) is 0 Å². The summed E-state index contributed by atoms with van der Waals surface area (Å²) < 4.78 is 30.8. The molecule has 3 aromatic rings. The van der Waals surface area contributed by atoms with Crippen LogP contribution in [0.5, 0.6) is 5.75 Å². The van der Waals surface area contributed by atoms with Crippen molar-refractivity contribution in [3.8, 4) is 5.75 Å². The molecule has 0 radical (unpaired) electrons. The topological polar surface area (TPSA) is 153 Å². The molecule has 0 saturated heterocycles. The minimum Gasteiger partial charge on any atom is -0.493 e. The number of nitrogens with one attached hydrogen (secondary N) is 2. The maximum absolute atomic E-state index is 13.2. The van der Waals surface area contributed by atoms with E-state index in [0.29, 0.717) is 24.4 Å². The molecule has 2 aromatic heterocycles. The second-order valence-electron chi connectivity index (χ2n) is 7.64. The third kappa shape index (κ3) is 7.00. The van der Waals surface area contributed by atoms with Crippen LogP contribution in [0, 0.1) is 0 Å². The minimum atomic E-state index is -3.53. The summed E-state index contributed by atoms with van der Waals surface area (Å²) in [6.45, 7) is 2.33. The molecule has 0 unspecified atom stereocenters. The number of ether oxygens (including phenoxy) is 1. The molecule has 2 heterocycles. The van der Waals surface area contributed by atoms with E-state index in [2.05, 4.69) is 20.6 Å². The monoisotopic (exact) mass is 531 g/mol. The number of nitrogens with two attached hydrogens (primary N) is 1. The quantitative estimate of drug-likeness (QED) is 0.317. The van der Waals surface area contributed by atoms with Crippen molar-refractivity contribution in [2.24, 2.45) is 5.73 Å². The predicted octanol–water partition coefficient (Wildman–Crippen LogP) is 3.55. The Morgan fingerprint density at radius 1 is 1.08 bits per heavy atom. The Morgan fingerprint density at radius 2 is 1.89 bits per heavy atom. The Morgan fingerprint density at radius 3 is 2.58 bits per heavy atom. The Hall–Kier alpha value is -3.54. The molecular formula is C24H26ClN5O5S. The van der Waals surface area contributed by atoms with E-state index in [1.54, 1.807) is 19.1 Å². The maximum Gasteiger partial charge on any atom is 0.277 e. The summed E-state index contributed by atoms with van der Waals surface area (Å²) in [7, 11) is -3.53. The molecule has 0 aliphatic carbocycles. The highest BCUT2D eigenvalue weighted by Gasteiger charge is 2.21. The Kier molecular flexibility index (Phi) is 9.34. The molecule has 2 amide bonds. The molecule has 3 rings (SSSR count). The Labute approximate surface area is 214 Å². The summed E-state index contributed by atoms with van der Waals surface area (Å²) in [6, 6.07) is 10.3. The average molecular weight is 532 g/mol. The zero-order chi connectivity index (χ0) is 26.1. The van der Waals surface area contributed by atoms with Crippen molar-refractivity contribution in [3.63, 3.8) is 0 Å². The van der Waals surface area contributed by atoms with Crippen LogP contribution in [0.2, 0.25) is 5.02 Å². The lowest BCUT2D eigenvalue weighted by Gasteiger charge is -2.15. The molecule has 36 heavy (non-hydrogen) atoms. The van der Waals surface area contributed by atoms with Crippen LogP contribution < -0.4 is 21.1 Å². The molecule has 10 nitrogen and oxygen atoms in total. The summed E-state index contributed by atoms with van der Waals surface area (Å²) >= 11 is 5.82. The molecule has 190 valence electrons. The first-order valence-electron chi connectivity index (χ1n) is 11.1. The van der Waals surface area contributed by atoms with Crippen molar-refractivity contribution < 1.29 is 22.7 Å². The lowest BCUT2D eigenvalue weighted by atomic mass is 10.1. The number of sulfone groups is 1. The van der Waals surface area contributed by atoms with E-state index in [1.807, 2.05) is 0 Å². The number of amides is 2. The van der Waals surface area contributed by atoms with E-state index in [1.165, 1.54) is 42.7 Å². The summed E-state index contributed by atoms with van der Waals surface area (Å²) in [6.07, 6.45) is 3.76. The molecule has 0 saturated carbocycles. The molecule has 4 N–H and O–H groups in total. The van der Waals surface area contributed by atoms with Crippen LogP contribution in [-0.4, -0.2) is 49.1 Å². The van der Waals surface area contributed by atoms with Gasteiger partial charge in [0, 0.05) is 12.4 Å². The molecule has 1 aromatic carbocycles. The van der Waals surface area contributed by atoms with Crippen LogP contribution in [0.3, 0.4) is 0 Å². The van der Waals surface area contributed by atoms with E-state index in [4.69, 9.17) is 22.1 Å².